The van der Waals surface area contributed by atoms with Gasteiger partial charge in [-0.3, -0.25) is 9.59 Å². The van der Waals surface area contributed by atoms with Gasteiger partial charge in [-0.2, -0.15) is 0 Å². The minimum Gasteiger partial charge on any atom is -0.465 e. The van der Waals surface area contributed by atoms with Crippen LogP contribution in [0.4, 0.5) is 0 Å². The molecule has 8 heteroatoms. The second kappa shape index (κ2) is 11.1. The van der Waals surface area contributed by atoms with Gasteiger partial charge in [-0.05, 0) is 74.2 Å². The molecule has 0 atom stereocenters. The zero-order valence-corrected chi connectivity index (χ0v) is 22.3. The van der Waals surface area contributed by atoms with Crippen molar-refractivity contribution in [1.29, 1.82) is 0 Å². The van der Waals surface area contributed by atoms with Crippen LogP contribution in [-0.4, -0.2) is 25.2 Å². The van der Waals surface area contributed by atoms with Crippen LogP contribution in [0, 0.1) is 5.41 Å². The van der Waals surface area contributed by atoms with Gasteiger partial charge in [0.25, 0.3) is 0 Å². The monoisotopic (exact) mass is 652 g/mol. The van der Waals surface area contributed by atoms with E-state index >= 15 is 0 Å². The summed E-state index contributed by atoms with van der Waals surface area (Å²) in [7, 11) is 0. The van der Waals surface area contributed by atoms with Gasteiger partial charge in [0, 0.05) is 17.9 Å². The summed E-state index contributed by atoms with van der Waals surface area (Å²) >= 11 is 13.9. The molecule has 0 saturated carbocycles. The number of benzene rings is 2. The van der Waals surface area contributed by atoms with Crippen LogP contribution >= 0.6 is 63.7 Å². The van der Waals surface area contributed by atoms with Crippen molar-refractivity contribution < 1.29 is 19.1 Å². The number of esters is 2. The van der Waals surface area contributed by atoms with E-state index in [0.29, 0.717) is 0 Å². The summed E-state index contributed by atoms with van der Waals surface area (Å²) in [5, 5.41) is 0. The Morgan fingerprint density at radius 2 is 1.00 bits per heavy atom. The van der Waals surface area contributed by atoms with E-state index < -0.39 is 17.4 Å². The predicted octanol–water partition coefficient (Wildman–Crippen LogP) is 6.63. The van der Waals surface area contributed by atoms with Crippen molar-refractivity contribution in [3.05, 3.63) is 65.4 Å². The molecule has 2 rings (SSSR count). The number of carbonyl (C=O) groups excluding carboxylic acids is 2. The molecule has 0 radical (unpaired) electrons. The van der Waals surface area contributed by atoms with E-state index in [9.17, 15) is 9.59 Å². The topological polar surface area (TPSA) is 52.6 Å². The van der Waals surface area contributed by atoms with Crippen LogP contribution in [0.1, 0.15) is 25.0 Å². The summed E-state index contributed by atoms with van der Waals surface area (Å²) in [6, 6.07) is 11.3. The van der Waals surface area contributed by atoms with Gasteiger partial charge in [-0.1, -0.05) is 63.7 Å². The van der Waals surface area contributed by atoms with Gasteiger partial charge in [0.15, 0.2) is 5.41 Å². The lowest BCUT2D eigenvalue weighted by molar-refractivity contribution is -0.172. The van der Waals surface area contributed by atoms with Gasteiger partial charge in [-0.15, -0.1) is 0 Å². The molecule has 4 nitrogen and oxygen atoms in total. The molecule has 0 aliphatic carbocycles. The Kier molecular flexibility index (Phi) is 9.38. The maximum Gasteiger partial charge on any atom is 0.324 e. The highest BCUT2D eigenvalue weighted by atomic mass is 79.9. The van der Waals surface area contributed by atoms with Gasteiger partial charge < -0.3 is 9.47 Å². The number of hydrogen-bond donors (Lipinski definition) is 0. The highest BCUT2D eigenvalue weighted by Gasteiger charge is 2.49. The highest BCUT2D eigenvalue weighted by molar-refractivity contribution is 9.11. The summed E-state index contributed by atoms with van der Waals surface area (Å²) in [5.41, 5.74) is 0.106. The van der Waals surface area contributed by atoms with E-state index in [1.54, 1.807) is 13.8 Å². The molecule has 0 fully saturated rings. The van der Waals surface area contributed by atoms with Crippen LogP contribution in [0.5, 0.6) is 0 Å². The highest BCUT2D eigenvalue weighted by Crippen LogP contribution is 2.35. The fourth-order valence-electron chi connectivity index (χ4n) is 3.10. The summed E-state index contributed by atoms with van der Waals surface area (Å²) in [6.07, 6.45) is 0.291. The van der Waals surface area contributed by atoms with Crippen molar-refractivity contribution in [1.82, 2.24) is 0 Å². The SMILES string of the molecule is CCOC(=O)C(Cc1cc(Br)cc(Br)c1)(Cc1cc(Br)cc(Br)c1)C(=O)OCC. The van der Waals surface area contributed by atoms with Crippen molar-refractivity contribution in [3.8, 4) is 0 Å². The molecule has 2 aromatic carbocycles. The Bertz CT molecular complexity index is 784. The second-order valence-electron chi connectivity index (χ2n) is 6.43. The average Bonchev–Trinajstić information content (AvgIpc) is 2.59. The van der Waals surface area contributed by atoms with Gasteiger partial charge >= 0.3 is 11.9 Å². The Morgan fingerprint density at radius 1 is 0.690 bits per heavy atom. The minimum atomic E-state index is -1.51. The van der Waals surface area contributed by atoms with Crippen LogP contribution in [-0.2, 0) is 31.9 Å². The zero-order chi connectivity index (χ0) is 21.6. The first-order valence-electron chi connectivity index (χ1n) is 8.94. The first kappa shape index (κ1) is 24.6. The maximum atomic E-state index is 13.2. The molecule has 29 heavy (non-hydrogen) atoms. The third-order valence-corrected chi connectivity index (χ3v) is 6.02. The number of halogens is 4. The zero-order valence-electron chi connectivity index (χ0n) is 15.9. The molecular weight excluding hydrogens is 636 g/mol. The average molecular weight is 656 g/mol. The molecule has 156 valence electrons. The van der Waals surface area contributed by atoms with Gasteiger partial charge in [0.2, 0.25) is 0 Å². The number of carbonyl (C=O) groups is 2. The van der Waals surface area contributed by atoms with Crippen molar-refractivity contribution >= 4 is 75.7 Å². The maximum absolute atomic E-state index is 13.2. The summed E-state index contributed by atoms with van der Waals surface area (Å²) < 4.78 is 14.1. The first-order valence-corrected chi connectivity index (χ1v) is 12.1. The molecule has 0 saturated heterocycles. The minimum absolute atomic E-state index is 0.146. The van der Waals surface area contributed by atoms with E-state index in [-0.39, 0.29) is 26.1 Å². The Hall–Kier alpha value is -0.700. The Labute approximate surface area is 204 Å². The lowest BCUT2D eigenvalue weighted by atomic mass is 9.76. The van der Waals surface area contributed by atoms with Gasteiger partial charge in [0.1, 0.15) is 0 Å². The van der Waals surface area contributed by atoms with Crippen molar-refractivity contribution in [2.24, 2.45) is 5.41 Å². The smallest absolute Gasteiger partial charge is 0.324 e. The molecule has 0 aliphatic rings. The van der Waals surface area contributed by atoms with Gasteiger partial charge in [0.05, 0.1) is 13.2 Å². The third-order valence-electron chi connectivity index (χ3n) is 4.19. The van der Waals surface area contributed by atoms with E-state index in [1.807, 2.05) is 36.4 Å². The van der Waals surface area contributed by atoms with E-state index in [1.165, 1.54) is 0 Å². The predicted molar refractivity (Wildman–Crippen MR) is 127 cm³/mol. The van der Waals surface area contributed by atoms with Crippen molar-refractivity contribution in [2.75, 3.05) is 13.2 Å². The van der Waals surface area contributed by atoms with Gasteiger partial charge in [-0.25, -0.2) is 0 Å². The molecule has 0 heterocycles. The van der Waals surface area contributed by atoms with Crippen LogP contribution in [0.2, 0.25) is 0 Å². The number of hydrogen-bond acceptors (Lipinski definition) is 4. The first-order chi connectivity index (χ1) is 13.7. The Balaban J connectivity index is 2.60. The quantitative estimate of drug-likeness (QED) is 0.237. The molecule has 0 aliphatic heterocycles. The fourth-order valence-corrected chi connectivity index (χ4v) is 5.87. The van der Waals surface area contributed by atoms with Crippen LogP contribution in [0.15, 0.2) is 54.3 Å². The molecule has 0 amide bonds. The number of ether oxygens (including phenoxy) is 2. The normalized spacial score (nSPS) is 11.2. The standard InChI is InChI=1S/C21H20Br4O4/c1-3-28-19(26)21(20(27)29-4-2,11-13-5-15(22)9-16(23)6-13)12-14-7-17(24)10-18(25)8-14/h5-10H,3-4,11-12H2,1-2H3. The summed E-state index contributed by atoms with van der Waals surface area (Å²) in [4.78, 5) is 26.3. The fraction of sp³-hybridized carbons (Fsp3) is 0.333. The lowest BCUT2D eigenvalue weighted by Crippen LogP contribution is -2.46. The Morgan fingerprint density at radius 3 is 1.28 bits per heavy atom. The summed E-state index contributed by atoms with van der Waals surface area (Å²) in [6.45, 7) is 3.78. The van der Waals surface area contributed by atoms with Crippen LogP contribution in [0.3, 0.4) is 0 Å². The third kappa shape index (κ3) is 6.64. The molecule has 2 aromatic rings. The number of rotatable bonds is 8. The molecule has 0 N–H and O–H groups in total. The molecular formula is C21H20Br4O4. The lowest BCUT2D eigenvalue weighted by Gasteiger charge is -2.30. The van der Waals surface area contributed by atoms with Crippen molar-refractivity contribution in [2.45, 2.75) is 26.7 Å². The van der Waals surface area contributed by atoms with Crippen LogP contribution < -0.4 is 0 Å². The molecule has 0 bridgehead atoms. The largest absolute Gasteiger partial charge is 0.465 e. The summed E-state index contributed by atoms with van der Waals surface area (Å²) in [5.74, 6) is -1.18. The van der Waals surface area contributed by atoms with E-state index in [2.05, 4.69) is 63.7 Å². The second-order valence-corrected chi connectivity index (χ2v) is 10.1. The van der Waals surface area contributed by atoms with E-state index in [0.717, 1.165) is 29.0 Å². The van der Waals surface area contributed by atoms with Crippen molar-refractivity contribution in [3.63, 3.8) is 0 Å². The van der Waals surface area contributed by atoms with E-state index in [4.69, 9.17) is 9.47 Å². The molecule has 0 aromatic heterocycles. The van der Waals surface area contributed by atoms with Crippen LogP contribution in [0.25, 0.3) is 0 Å². The molecule has 0 spiro atoms. The molecule has 0 unspecified atom stereocenters.